The molecule has 2 atom stereocenters. The molecular weight excluding hydrogens is 318 g/mol. The predicted molar refractivity (Wildman–Crippen MR) is 85.3 cm³/mol. The Morgan fingerprint density at radius 2 is 2.04 bits per heavy atom. The molecule has 1 fully saturated rings. The molecule has 2 aromatic rings. The molecule has 2 N–H and O–H groups in total. The molecule has 120 valence electrons. The number of hydrogen-bond donors (Lipinski definition) is 2. The van der Waals surface area contributed by atoms with Crippen LogP contribution in [0.4, 0.5) is 5.95 Å². The van der Waals surface area contributed by atoms with Crippen LogP contribution in [0.15, 0.2) is 36.7 Å². The second-order valence-electron chi connectivity index (χ2n) is 5.59. The summed E-state index contributed by atoms with van der Waals surface area (Å²) >= 11 is 6.15. The number of halogens is 1. The molecule has 23 heavy (non-hydrogen) atoms. The smallest absolute Gasteiger partial charge is 0.307 e. The number of aromatic nitrogens is 2. The summed E-state index contributed by atoms with van der Waals surface area (Å²) in [5.74, 6) is -1.91. The van der Waals surface area contributed by atoms with Gasteiger partial charge in [-0.3, -0.25) is 14.9 Å². The van der Waals surface area contributed by atoms with E-state index in [1.54, 1.807) is 23.0 Å². The number of amides is 1. The molecule has 1 aliphatic carbocycles. The van der Waals surface area contributed by atoms with Crippen LogP contribution in [0.5, 0.6) is 0 Å². The van der Waals surface area contributed by atoms with Gasteiger partial charge in [0.15, 0.2) is 0 Å². The molecular formula is C16H16ClN3O3. The van der Waals surface area contributed by atoms with E-state index in [0.717, 1.165) is 5.56 Å². The van der Waals surface area contributed by atoms with Gasteiger partial charge in [0.2, 0.25) is 11.9 Å². The number of anilines is 1. The van der Waals surface area contributed by atoms with Crippen LogP contribution in [-0.4, -0.2) is 26.5 Å². The number of carboxylic acid groups (broad SMARTS) is 1. The van der Waals surface area contributed by atoms with E-state index in [-0.39, 0.29) is 5.91 Å². The fraction of sp³-hybridized carbons (Fsp3) is 0.312. The molecule has 0 radical (unpaired) electrons. The zero-order valence-electron chi connectivity index (χ0n) is 12.3. The van der Waals surface area contributed by atoms with Gasteiger partial charge in [0.05, 0.1) is 18.4 Å². The molecule has 7 heteroatoms. The lowest BCUT2D eigenvalue weighted by atomic mass is 9.73. The molecule has 1 saturated carbocycles. The highest BCUT2D eigenvalue weighted by atomic mass is 35.5. The largest absolute Gasteiger partial charge is 0.481 e. The summed E-state index contributed by atoms with van der Waals surface area (Å²) in [5, 5.41) is 12.4. The first-order chi connectivity index (χ1) is 11.1. The summed E-state index contributed by atoms with van der Waals surface area (Å²) in [6.45, 7) is 0.475. The topological polar surface area (TPSA) is 84.2 Å². The number of carboxylic acids is 1. The number of carbonyl (C=O) groups is 2. The van der Waals surface area contributed by atoms with Crippen LogP contribution in [0.1, 0.15) is 18.4 Å². The number of benzene rings is 1. The van der Waals surface area contributed by atoms with Crippen molar-refractivity contribution in [2.75, 3.05) is 5.32 Å². The zero-order valence-corrected chi connectivity index (χ0v) is 13.0. The van der Waals surface area contributed by atoms with Crippen LogP contribution >= 0.6 is 11.6 Å². The first-order valence-corrected chi connectivity index (χ1v) is 7.72. The molecule has 1 heterocycles. The summed E-state index contributed by atoms with van der Waals surface area (Å²) < 4.78 is 1.77. The highest BCUT2D eigenvalue weighted by molar-refractivity contribution is 6.31. The SMILES string of the molecule is O=C(O)[C@@H]1CC[C@H]1C(=O)Nc1nccn1Cc1ccccc1Cl. The molecule has 0 spiro atoms. The molecule has 0 unspecified atom stereocenters. The van der Waals surface area contributed by atoms with Gasteiger partial charge < -0.3 is 9.67 Å². The fourth-order valence-corrected chi connectivity index (χ4v) is 2.88. The van der Waals surface area contributed by atoms with Gasteiger partial charge in [-0.25, -0.2) is 4.98 Å². The average Bonchev–Trinajstić information content (AvgIpc) is 2.86. The molecule has 1 amide bonds. The maximum Gasteiger partial charge on any atom is 0.307 e. The number of hydrogen-bond acceptors (Lipinski definition) is 3. The summed E-state index contributed by atoms with van der Waals surface area (Å²) in [7, 11) is 0. The van der Waals surface area contributed by atoms with E-state index in [1.807, 2.05) is 18.2 Å². The van der Waals surface area contributed by atoms with Crippen molar-refractivity contribution in [3.8, 4) is 0 Å². The van der Waals surface area contributed by atoms with Crippen LogP contribution < -0.4 is 5.32 Å². The van der Waals surface area contributed by atoms with Crippen LogP contribution in [0.2, 0.25) is 5.02 Å². The Hall–Kier alpha value is -2.34. The van der Waals surface area contributed by atoms with E-state index in [0.29, 0.717) is 30.4 Å². The van der Waals surface area contributed by atoms with Crippen molar-refractivity contribution >= 4 is 29.4 Å². The van der Waals surface area contributed by atoms with Crippen molar-refractivity contribution < 1.29 is 14.7 Å². The third-order valence-electron chi connectivity index (χ3n) is 4.18. The highest BCUT2D eigenvalue weighted by Crippen LogP contribution is 2.35. The normalized spacial score (nSPS) is 19.9. The van der Waals surface area contributed by atoms with E-state index in [4.69, 9.17) is 16.7 Å². The van der Waals surface area contributed by atoms with Crippen molar-refractivity contribution in [1.29, 1.82) is 0 Å². The zero-order chi connectivity index (χ0) is 16.4. The second-order valence-corrected chi connectivity index (χ2v) is 6.00. The lowest BCUT2D eigenvalue weighted by molar-refractivity contribution is -0.151. The standard InChI is InChI=1S/C16H16ClN3O3/c17-13-4-2-1-3-10(13)9-20-8-7-18-16(20)19-14(21)11-5-6-12(11)15(22)23/h1-4,7-8,11-12H,5-6,9H2,(H,22,23)(H,18,19,21)/t11-,12-/m1/s1. The molecule has 0 saturated heterocycles. The Balaban J connectivity index is 1.70. The van der Waals surface area contributed by atoms with Crippen molar-refractivity contribution in [2.45, 2.75) is 19.4 Å². The van der Waals surface area contributed by atoms with Gasteiger partial charge in [-0.2, -0.15) is 0 Å². The molecule has 1 aromatic heterocycles. The predicted octanol–water partition coefficient (Wildman–Crippen LogP) is 2.63. The van der Waals surface area contributed by atoms with Crippen molar-refractivity contribution in [3.05, 3.63) is 47.2 Å². The molecule has 1 aromatic carbocycles. The lowest BCUT2D eigenvalue weighted by Crippen LogP contribution is -2.41. The van der Waals surface area contributed by atoms with Crippen LogP contribution in [0.3, 0.4) is 0 Å². The Morgan fingerprint density at radius 1 is 1.30 bits per heavy atom. The first-order valence-electron chi connectivity index (χ1n) is 7.34. The number of rotatable bonds is 5. The number of nitrogens with zero attached hydrogens (tertiary/aromatic N) is 2. The highest BCUT2D eigenvalue weighted by Gasteiger charge is 2.41. The van der Waals surface area contributed by atoms with Crippen molar-refractivity contribution in [3.63, 3.8) is 0 Å². The molecule has 3 rings (SSSR count). The minimum absolute atomic E-state index is 0.296. The number of carbonyl (C=O) groups excluding carboxylic acids is 1. The Labute approximate surface area is 138 Å². The quantitative estimate of drug-likeness (QED) is 0.881. The Morgan fingerprint density at radius 3 is 2.70 bits per heavy atom. The van der Waals surface area contributed by atoms with Crippen molar-refractivity contribution in [2.24, 2.45) is 11.8 Å². The first kappa shape index (κ1) is 15.6. The van der Waals surface area contributed by atoms with Gasteiger partial charge in [-0.05, 0) is 24.5 Å². The summed E-state index contributed by atoms with van der Waals surface area (Å²) in [4.78, 5) is 27.4. The molecule has 0 aliphatic heterocycles. The van der Waals surface area contributed by atoms with Gasteiger partial charge in [-0.15, -0.1) is 0 Å². The number of aliphatic carboxylic acids is 1. The maximum absolute atomic E-state index is 12.2. The van der Waals surface area contributed by atoms with Gasteiger partial charge >= 0.3 is 5.97 Å². The van der Waals surface area contributed by atoms with E-state index in [1.165, 1.54) is 0 Å². The number of nitrogens with one attached hydrogen (secondary N) is 1. The summed E-state index contributed by atoms with van der Waals surface area (Å²) in [6.07, 6.45) is 4.46. The van der Waals surface area contributed by atoms with E-state index < -0.39 is 17.8 Å². The maximum atomic E-state index is 12.2. The average molecular weight is 334 g/mol. The van der Waals surface area contributed by atoms with Gasteiger partial charge in [0.25, 0.3) is 0 Å². The minimum Gasteiger partial charge on any atom is -0.481 e. The Kier molecular flexibility index (Phi) is 4.34. The Bertz CT molecular complexity index is 744. The molecule has 6 nitrogen and oxygen atoms in total. The third kappa shape index (κ3) is 3.22. The molecule has 0 bridgehead atoms. The van der Waals surface area contributed by atoms with Crippen LogP contribution in [0, 0.1) is 11.8 Å². The second kappa shape index (κ2) is 6.42. The van der Waals surface area contributed by atoms with Gasteiger partial charge in [0, 0.05) is 17.4 Å². The van der Waals surface area contributed by atoms with Gasteiger partial charge in [-0.1, -0.05) is 29.8 Å². The lowest BCUT2D eigenvalue weighted by Gasteiger charge is -2.31. The van der Waals surface area contributed by atoms with Gasteiger partial charge in [0.1, 0.15) is 0 Å². The van der Waals surface area contributed by atoms with E-state index >= 15 is 0 Å². The summed E-state index contributed by atoms with van der Waals surface area (Å²) in [6, 6.07) is 7.45. The van der Waals surface area contributed by atoms with E-state index in [9.17, 15) is 9.59 Å². The van der Waals surface area contributed by atoms with Crippen molar-refractivity contribution in [1.82, 2.24) is 9.55 Å². The molecule has 1 aliphatic rings. The number of imidazole rings is 1. The third-order valence-corrected chi connectivity index (χ3v) is 4.55. The monoisotopic (exact) mass is 333 g/mol. The van der Waals surface area contributed by atoms with Crippen LogP contribution in [-0.2, 0) is 16.1 Å². The van der Waals surface area contributed by atoms with Crippen LogP contribution in [0.25, 0.3) is 0 Å². The minimum atomic E-state index is -0.921. The summed E-state index contributed by atoms with van der Waals surface area (Å²) in [5.41, 5.74) is 0.912. The fourth-order valence-electron chi connectivity index (χ4n) is 2.68. The van der Waals surface area contributed by atoms with E-state index in [2.05, 4.69) is 10.3 Å².